The van der Waals surface area contributed by atoms with Gasteiger partial charge in [0.1, 0.15) is 22.7 Å². The number of halogens is 4. The van der Waals surface area contributed by atoms with Gasteiger partial charge in [-0.3, -0.25) is 4.98 Å². The van der Waals surface area contributed by atoms with Crippen LogP contribution >= 0.6 is 11.6 Å². The van der Waals surface area contributed by atoms with Crippen LogP contribution < -0.4 is 0 Å². The fourth-order valence-corrected chi connectivity index (χ4v) is 4.60. The van der Waals surface area contributed by atoms with Crippen LogP contribution in [0.5, 0.6) is 0 Å². The van der Waals surface area contributed by atoms with E-state index in [-0.39, 0.29) is 15.5 Å². The van der Waals surface area contributed by atoms with E-state index < -0.39 is 50.4 Å². The molecule has 1 atom stereocenters. The summed E-state index contributed by atoms with van der Waals surface area (Å²) < 4.78 is 69.3. The van der Waals surface area contributed by atoms with E-state index in [9.17, 15) is 21.6 Å². The fourth-order valence-electron chi connectivity index (χ4n) is 2.70. The van der Waals surface area contributed by atoms with Gasteiger partial charge in [-0.25, -0.2) is 21.6 Å². The van der Waals surface area contributed by atoms with E-state index in [0.717, 1.165) is 24.4 Å². The van der Waals surface area contributed by atoms with Gasteiger partial charge in [0.05, 0.1) is 17.2 Å². The molecule has 0 amide bonds. The molecule has 9 heteroatoms. The van der Waals surface area contributed by atoms with Crippen molar-refractivity contribution >= 4 is 21.4 Å². The lowest BCUT2D eigenvalue weighted by molar-refractivity contribution is 0.280. The molecule has 0 aliphatic rings. The quantitative estimate of drug-likeness (QED) is 0.662. The first-order chi connectivity index (χ1) is 13.2. The molecule has 0 bridgehead atoms. The molecule has 0 saturated carbocycles. The Morgan fingerprint density at radius 2 is 1.68 bits per heavy atom. The van der Waals surface area contributed by atoms with Gasteiger partial charge in [-0.15, -0.1) is 0 Å². The van der Waals surface area contributed by atoms with E-state index >= 15 is 0 Å². The molecule has 3 aromatic rings. The highest BCUT2D eigenvalue weighted by Gasteiger charge is 2.36. The van der Waals surface area contributed by atoms with E-state index in [1.165, 1.54) is 24.3 Å². The second-order valence-corrected chi connectivity index (χ2v) is 8.38. The molecule has 0 fully saturated rings. The van der Waals surface area contributed by atoms with Gasteiger partial charge in [0.2, 0.25) is 0 Å². The molecular weight excluding hydrogens is 415 g/mol. The zero-order valence-corrected chi connectivity index (χ0v) is 15.7. The topological polar surface area (TPSA) is 67.3 Å². The molecular formula is C19H13ClF3NO3S. The van der Waals surface area contributed by atoms with Crippen LogP contribution in [0.2, 0.25) is 5.02 Å². The summed E-state index contributed by atoms with van der Waals surface area (Å²) in [6.07, 6.45) is 1.07. The summed E-state index contributed by atoms with van der Waals surface area (Å²) in [5.74, 6) is -2.99. The minimum absolute atomic E-state index is 0.101. The lowest BCUT2D eigenvalue weighted by Crippen LogP contribution is -2.19. The number of rotatable bonds is 5. The van der Waals surface area contributed by atoms with Crippen molar-refractivity contribution in [1.82, 2.24) is 4.98 Å². The minimum Gasteiger partial charge on any atom is -0.392 e. The minimum atomic E-state index is -4.44. The number of hydrogen-bond donors (Lipinski definition) is 1. The summed E-state index contributed by atoms with van der Waals surface area (Å²) in [4.78, 5) is 3.51. The first kappa shape index (κ1) is 20.3. The van der Waals surface area contributed by atoms with Crippen molar-refractivity contribution in [2.45, 2.75) is 16.8 Å². The predicted molar refractivity (Wildman–Crippen MR) is 97.0 cm³/mol. The lowest BCUT2D eigenvalue weighted by Gasteiger charge is -2.19. The van der Waals surface area contributed by atoms with Crippen LogP contribution in [0, 0.1) is 17.5 Å². The smallest absolute Gasteiger partial charge is 0.191 e. The Morgan fingerprint density at radius 1 is 1.00 bits per heavy atom. The van der Waals surface area contributed by atoms with Gasteiger partial charge in [0.15, 0.2) is 9.84 Å². The summed E-state index contributed by atoms with van der Waals surface area (Å²) in [7, 11) is -4.44. The van der Waals surface area contributed by atoms with Crippen molar-refractivity contribution in [3.63, 3.8) is 0 Å². The van der Waals surface area contributed by atoms with E-state index in [0.29, 0.717) is 6.07 Å². The number of aliphatic hydroxyl groups is 1. The van der Waals surface area contributed by atoms with Crippen LogP contribution in [-0.4, -0.2) is 18.5 Å². The lowest BCUT2D eigenvalue weighted by atomic mass is 10.1. The van der Waals surface area contributed by atoms with Crippen LogP contribution in [0.3, 0.4) is 0 Å². The fraction of sp³-hybridized carbons (Fsp3) is 0.105. The molecule has 0 spiro atoms. The number of aliphatic hydroxyl groups excluding tert-OH is 1. The average molecular weight is 428 g/mol. The van der Waals surface area contributed by atoms with Crippen LogP contribution in [0.4, 0.5) is 13.2 Å². The Kier molecular flexibility index (Phi) is 5.74. The van der Waals surface area contributed by atoms with E-state index in [2.05, 4.69) is 4.98 Å². The Balaban J connectivity index is 2.29. The van der Waals surface area contributed by atoms with Gasteiger partial charge < -0.3 is 5.11 Å². The number of benzene rings is 2. The summed E-state index contributed by atoms with van der Waals surface area (Å²) >= 11 is 5.78. The molecule has 0 aliphatic heterocycles. The highest BCUT2D eigenvalue weighted by atomic mass is 35.5. The molecule has 1 N–H and O–H groups in total. The summed E-state index contributed by atoms with van der Waals surface area (Å²) in [6.45, 7) is -0.521. The van der Waals surface area contributed by atoms with E-state index in [1.54, 1.807) is 0 Å². The molecule has 3 rings (SSSR count). The average Bonchev–Trinajstić information content (AvgIpc) is 2.66. The summed E-state index contributed by atoms with van der Waals surface area (Å²) in [5, 5.41) is 7.43. The van der Waals surface area contributed by atoms with Gasteiger partial charge in [-0.1, -0.05) is 11.6 Å². The van der Waals surface area contributed by atoms with Gasteiger partial charge in [0, 0.05) is 16.8 Å². The molecule has 1 heterocycles. The Bertz CT molecular complexity index is 1120. The van der Waals surface area contributed by atoms with Crippen molar-refractivity contribution in [3.8, 4) is 0 Å². The first-order valence-electron chi connectivity index (χ1n) is 7.93. The Labute approximate surface area is 164 Å². The molecule has 1 aromatic heterocycles. The second-order valence-electron chi connectivity index (χ2n) is 5.91. The van der Waals surface area contributed by atoms with E-state index in [4.69, 9.17) is 16.7 Å². The Hall–Kier alpha value is -2.42. The highest BCUT2D eigenvalue weighted by molar-refractivity contribution is 7.91. The third-order valence-corrected chi connectivity index (χ3v) is 6.33. The molecule has 146 valence electrons. The largest absolute Gasteiger partial charge is 0.392 e. The molecule has 0 saturated heterocycles. The molecule has 4 nitrogen and oxygen atoms in total. The number of aromatic nitrogens is 1. The van der Waals surface area contributed by atoms with E-state index in [1.807, 2.05) is 0 Å². The maximum atomic E-state index is 14.6. The number of pyridine rings is 1. The zero-order chi connectivity index (χ0) is 20.5. The molecule has 0 aliphatic carbocycles. The maximum Gasteiger partial charge on any atom is 0.191 e. The van der Waals surface area contributed by atoms with Gasteiger partial charge >= 0.3 is 0 Å². The van der Waals surface area contributed by atoms with Crippen molar-refractivity contribution in [3.05, 3.63) is 94.0 Å². The predicted octanol–water partition coefficient (Wildman–Crippen LogP) is 4.21. The second kappa shape index (κ2) is 7.90. The van der Waals surface area contributed by atoms with Crippen molar-refractivity contribution in [1.29, 1.82) is 0 Å². The summed E-state index contributed by atoms with van der Waals surface area (Å²) in [5.41, 5.74) is -1.10. The van der Waals surface area contributed by atoms with Crippen LogP contribution in [0.15, 0.2) is 59.6 Å². The highest BCUT2D eigenvalue weighted by Crippen LogP contribution is 2.37. The van der Waals surface area contributed by atoms with Gasteiger partial charge in [-0.2, -0.15) is 0 Å². The normalized spacial score (nSPS) is 12.8. The maximum absolute atomic E-state index is 14.6. The SMILES string of the molecule is O=S(=O)(c1ccc(Cl)cc1)C(c1cc(F)ccc1F)c1ncc(CO)cc1F. The molecule has 2 aromatic carbocycles. The third-order valence-electron chi connectivity index (χ3n) is 4.05. The monoisotopic (exact) mass is 427 g/mol. The van der Waals surface area contributed by atoms with Gasteiger partial charge in [-0.05, 0) is 54.1 Å². The standard InChI is InChI=1S/C19H13ClF3NO3S/c20-12-1-4-14(5-2-12)28(26,27)19(15-8-13(21)3-6-16(15)22)18-17(23)7-11(10-25)9-24-18/h1-9,19,25H,10H2. The number of nitrogens with zero attached hydrogens (tertiary/aromatic N) is 1. The number of hydrogen-bond acceptors (Lipinski definition) is 4. The zero-order valence-electron chi connectivity index (χ0n) is 14.1. The van der Waals surface area contributed by atoms with Crippen molar-refractivity contribution in [2.24, 2.45) is 0 Å². The molecule has 0 radical (unpaired) electrons. The van der Waals surface area contributed by atoms with Gasteiger partial charge in [0.25, 0.3) is 0 Å². The first-order valence-corrected chi connectivity index (χ1v) is 9.86. The summed E-state index contributed by atoms with van der Waals surface area (Å²) in [6, 6.07) is 8.15. The third kappa shape index (κ3) is 3.89. The molecule has 1 unspecified atom stereocenters. The van der Waals surface area contributed by atoms with Crippen LogP contribution in [0.1, 0.15) is 22.1 Å². The van der Waals surface area contributed by atoms with Crippen LogP contribution in [-0.2, 0) is 16.4 Å². The van der Waals surface area contributed by atoms with Crippen molar-refractivity contribution in [2.75, 3.05) is 0 Å². The Morgan fingerprint density at radius 3 is 2.29 bits per heavy atom. The van der Waals surface area contributed by atoms with Crippen LogP contribution in [0.25, 0.3) is 0 Å². The number of sulfone groups is 1. The van der Waals surface area contributed by atoms with Crippen molar-refractivity contribution < 1.29 is 26.7 Å². The molecule has 28 heavy (non-hydrogen) atoms.